The first-order chi connectivity index (χ1) is 10.3. The maximum absolute atomic E-state index is 4.26. The van der Waals surface area contributed by atoms with Crippen molar-refractivity contribution in [1.29, 1.82) is 0 Å². The van der Waals surface area contributed by atoms with Crippen molar-refractivity contribution in [2.75, 3.05) is 35.7 Å². The summed E-state index contributed by atoms with van der Waals surface area (Å²) in [7, 11) is 1.84. The van der Waals surface area contributed by atoms with Crippen LogP contribution in [0, 0.1) is 0 Å². The fourth-order valence-corrected chi connectivity index (χ4v) is 3.00. The van der Waals surface area contributed by atoms with Gasteiger partial charge in [-0.2, -0.15) is 0 Å². The first-order valence-electron chi connectivity index (χ1n) is 7.08. The molecule has 0 atom stereocenters. The lowest BCUT2D eigenvalue weighted by molar-refractivity contribution is 0.949. The van der Waals surface area contributed by atoms with Crippen molar-refractivity contribution in [3.63, 3.8) is 0 Å². The van der Waals surface area contributed by atoms with E-state index in [1.165, 1.54) is 24.9 Å². The standard InChI is InChI=1S/C15H18BrN5/c1-17-14-13(16)15(19-10-18-14)20-11-4-6-12(7-5-11)21-8-2-3-9-21/h4-7,10H,2-3,8-9H2,1H3,(H2,17,18,19,20). The predicted octanol–water partition coefficient (Wildman–Crippen LogP) is 3.62. The number of rotatable bonds is 4. The zero-order valence-electron chi connectivity index (χ0n) is 11.9. The van der Waals surface area contributed by atoms with E-state index in [-0.39, 0.29) is 0 Å². The number of hydrogen-bond donors (Lipinski definition) is 2. The molecule has 0 spiro atoms. The molecule has 0 radical (unpaired) electrons. The van der Waals surface area contributed by atoms with Crippen LogP contribution in [0.1, 0.15) is 12.8 Å². The molecule has 0 saturated carbocycles. The minimum absolute atomic E-state index is 0.753. The highest BCUT2D eigenvalue weighted by atomic mass is 79.9. The second-order valence-electron chi connectivity index (χ2n) is 5.00. The SMILES string of the molecule is CNc1ncnc(Nc2ccc(N3CCCC3)cc2)c1Br. The molecule has 21 heavy (non-hydrogen) atoms. The normalized spacial score (nSPS) is 14.3. The Balaban J connectivity index is 1.76. The molecule has 2 heterocycles. The van der Waals surface area contributed by atoms with Crippen LogP contribution in [0.25, 0.3) is 0 Å². The molecular formula is C15H18BrN5. The summed E-state index contributed by atoms with van der Waals surface area (Å²) in [6, 6.07) is 8.48. The van der Waals surface area contributed by atoms with Crippen LogP contribution in [0.3, 0.4) is 0 Å². The topological polar surface area (TPSA) is 53.1 Å². The smallest absolute Gasteiger partial charge is 0.150 e. The first kappa shape index (κ1) is 14.1. The number of nitrogens with one attached hydrogen (secondary N) is 2. The molecule has 1 aliphatic heterocycles. The monoisotopic (exact) mass is 347 g/mol. The van der Waals surface area contributed by atoms with Crippen LogP contribution in [-0.2, 0) is 0 Å². The Hall–Kier alpha value is -1.82. The van der Waals surface area contributed by atoms with Crippen LogP contribution >= 0.6 is 15.9 Å². The van der Waals surface area contributed by atoms with E-state index >= 15 is 0 Å². The molecule has 0 aliphatic carbocycles. The summed E-state index contributed by atoms with van der Waals surface area (Å²) >= 11 is 3.51. The molecule has 2 N–H and O–H groups in total. The van der Waals surface area contributed by atoms with E-state index in [2.05, 4.69) is 65.7 Å². The van der Waals surface area contributed by atoms with Crippen molar-refractivity contribution in [2.24, 2.45) is 0 Å². The summed E-state index contributed by atoms with van der Waals surface area (Å²) in [5, 5.41) is 6.33. The number of benzene rings is 1. The van der Waals surface area contributed by atoms with Gasteiger partial charge in [0.15, 0.2) is 0 Å². The van der Waals surface area contributed by atoms with Gasteiger partial charge in [0.2, 0.25) is 0 Å². The second kappa shape index (κ2) is 6.30. The molecule has 5 nitrogen and oxygen atoms in total. The number of aromatic nitrogens is 2. The Morgan fingerprint density at radius 2 is 1.71 bits per heavy atom. The van der Waals surface area contributed by atoms with Gasteiger partial charge in [-0.15, -0.1) is 0 Å². The molecule has 1 aromatic carbocycles. The van der Waals surface area contributed by atoms with Gasteiger partial charge in [0, 0.05) is 31.5 Å². The van der Waals surface area contributed by atoms with E-state index in [1.54, 1.807) is 0 Å². The molecular weight excluding hydrogens is 330 g/mol. The van der Waals surface area contributed by atoms with Crippen LogP contribution in [0.5, 0.6) is 0 Å². The third-order valence-corrected chi connectivity index (χ3v) is 4.38. The molecule has 3 rings (SSSR count). The van der Waals surface area contributed by atoms with E-state index < -0.39 is 0 Å². The van der Waals surface area contributed by atoms with Gasteiger partial charge in [-0.3, -0.25) is 0 Å². The third kappa shape index (κ3) is 3.10. The van der Waals surface area contributed by atoms with E-state index in [0.29, 0.717) is 0 Å². The Morgan fingerprint density at radius 1 is 1.05 bits per heavy atom. The van der Waals surface area contributed by atoms with Gasteiger partial charge >= 0.3 is 0 Å². The first-order valence-corrected chi connectivity index (χ1v) is 7.87. The Bertz CT molecular complexity index is 608. The maximum atomic E-state index is 4.26. The summed E-state index contributed by atoms with van der Waals surface area (Å²) in [4.78, 5) is 10.8. The average Bonchev–Trinajstić information content (AvgIpc) is 3.04. The lowest BCUT2D eigenvalue weighted by Crippen LogP contribution is -2.17. The third-order valence-electron chi connectivity index (χ3n) is 3.63. The van der Waals surface area contributed by atoms with Crippen molar-refractivity contribution in [2.45, 2.75) is 12.8 Å². The van der Waals surface area contributed by atoms with Crippen molar-refractivity contribution in [3.05, 3.63) is 35.1 Å². The zero-order chi connectivity index (χ0) is 14.7. The number of anilines is 4. The van der Waals surface area contributed by atoms with Crippen molar-refractivity contribution in [3.8, 4) is 0 Å². The summed E-state index contributed by atoms with van der Waals surface area (Å²) in [6.45, 7) is 2.32. The van der Waals surface area contributed by atoms with Crippen LogP contribution < -0.4 is 15.5 Å². The van der Waals surface area contributed by atoms with Crippen LogP contribution in [-0.4, -0.2) is 30.1 Å². The molecule has 2 aromatic rings. The highest BCUT2D eigenvalue weighted by Crippen LogP contribution is 2.29. The van der Waals surface area contributed by atoms with Crippen molar-refractivity contribution >= 4 is 38.9 Å². The minimum atomic E-state index is 0.753. The van der Waals surface area contributed by atoms with Crippen molar-refractivity contribution < 1.29 is 0 Å². The molecule has 1 aromatic heterocycles. The van der Waals surface area contributed by atoms with Gasteiger partial charge in [0.1, 0.15) is 22.4 Å². The maximum Gasteiger partial charge on any atom is 0.150 e. The fourth-order valence-electron chi connectivity index (χ4n) is 2.50. The lowest BCUT2D eigenvalue weighted by atomic mass is 10.2. The van der Waals surface area contributed by atoms with E-state index in [0.717, 1.165) is 34.9 Å². The van der Waals surface area contributed by atoms with Crippen LogP contribution in [0.2, 0.25) is 0 Å². The van der Waals surface area contributed by atoms with Gasteiger partial charge in [-0.05, 0) is 53.0 Å². The van der Waals surface area contributed by atoms with E-state index in [9.17, 15) is 0 Å². The fraction of sp³-hybridized carbons (Fsp3) is 0.333. The number of hydrogen-bond acceptors (Lipinski definition) is 5. The van der Waals surface area contributed by atoms with Gasteiger partial charge in [-0.1, -0.05) is 0 Å². The van der Waals surface area contributed by atoms with Crippen LogP contribution in [0.15, 0.2) is 35.1 Å². The van der Waals surface area contributed by atoms with Crippen molar-refractivity contribution in [1.82, 2.24) is 9.97 Å². The van der Waals surface area contributed by atoms with E-state index in [4.69, 9.17) is 0 Å². The summed E-state index contributed by atoms with van der Waals surface area (Å²) in [6.07, 6.45) is 4.12. The Kier molecular flexibility index (Phi) is 4.24. The Labute approximate surface area is 132 Å². The molecule has 0 unspecified atom stereocenters. The van der Waals surface area contributed by atoms with Gasteiger partial charge in [0.05, 0.1) is 0 Å². The quantitative estimate of drug-likeness (QED) is 0.884. The Morgan fingerprint density at radius 3 is 2.38 bits per heavy atom. The van der Waals surface area contributed by atoms with Gasteiger partial charge in [0.25, 0.3) is 0 Å². The van der Waals surface area contributed by atoms with Crippen LogP contribution in [0.4, 0.5) is 23.0 Å². The summed E-state index contributed by atoms with van der Waals surface area (Å²) in [5.74, 6) is 1.52. The summed E-state index contributed by atoms with van der Waals surface area (Å²) < 4.78 is 0.830. The molecule has 6 heteroatoms. The zero-order valence-corrected chi connectivity index (χ0v) is 13.5. The highest BCUT2D eigenvalue weighted by Gasteiger charge is 2.12. The summed E-state index contributed by atoms with van der Waals surface area (Å²) in [5.41, 5.74) is 2.30. The van der Waals surface area contributed by atoms with Gasteiger partial charge < -0.3 is 15.5 Å². The number of halogens is 1. The largest absolute Gasteiger partial charge is 0.372 e. The predicted molar refractivity (Wildman–Crippen MR) is 90.5 cm³/mol. The molecule has 0 bridgehead atoms. The second-order valence-corrected chi connectivity index (χ2v) is 5.79. The lowest BCUT2D eigenvalue weighted by Gasteiger charge is -2.18. The van der Waals surface area contributed by atoms with E-state index in [1.807, 2.05) is 7.05 Å². The number of nitrogens with zero attached hydrogens (tertiary/aromatic N) is 3. The molecule has 1 saturated heterocycles. The highest BCUT2D eigenvalue weighted by molar-refractivity contribution is 9.10. The molecule has 110 valence electrons. The van der Waals surface area contributed by atoms with Gasteiger partial charge in [-0.25, -0.2) is 9.97 Å². The molecule has 1 fully saturated rings. The average molecular weight is 348 g/mol. The molecule has 0 amide bonds. The molecule has 1 aliphatic rings. The minimum Gasteiger partial charge on any atom is -0.372 e.